The Hall–Kier alpha value is -0.810. The van der Waals surface area contributed by atoms with Crippen LogP contribution in [0, 0.1) is 17.3 Å². The van der Waals surface area contributed by atoms with Crippen molar-refractivity contribution in [2.75, 3.05) is 45.9 Å². The highest BCUT2D eigenvalue weighted by molar-refractivity contribution is 5.68. The van der Waals surface area contributed by atoms with Crippen LogP contribution in [0.4, 0.5) is 4.79 Å². The van der Waals surface area contributed by atoms with Crippen molar-refractivity contribution >= 4 is 6.09 Å². The van der Waals surface area contributed by atoms with E-state index in [-0.39, 0.29) is 6.09 Å². The summed E-state index contributed by atoms with van der Waals surface area (Å²) in [6.07, 6.45) is 9.24. The number of ether oxygens (including phenoxy) is 1. The monoisotopic (exact) mass is 349 g/mol. The molecule has 0 aromatic rings. The Kier molecular flexibility index (Phi) is 5.23. The predicted molar refractivity (Wildman–Crippen MR) is 98.6 cm³/mol. The van der Waals surface area contributed by atoms with Crippen LogP contribution in [0.2, 0.25) is 0 Å². The molecule has 0 aromatic carbocycles. The highest BCUT2D eigenvalue weighted by atomic mass is 16.6. The minimum atomic E-state index is -0.107. The van der Waals surface area contributed by atoms with Crippen molar-refractivity contribution < 1.29 is 9.53 Å². The Labute approximate surface area is 152 Å². The van der Waals surface area contributed by atoms with Crippen LogP contribution in [-0.4, -0.2) is 67.8 Å². The number of hydrogen-bond acceptors (Lipinski definition) is 4. The van der Waals surface area contributed by atoms with Crippen molar-refractivity contribution in [3.63, 3.8) is 0 Å². The molecule has 3 heterocycles. The summed E-state index contributed by atoms with van der Waals surface area (Å²) in [6, 6.07) is 0.771. The SMILES string of the molecule is CCOC(=O)N1CCC2(CC(N3CCC(C4CCCNC4)CC3)C2)C1. The molecule has 142 valence electrons. The number of nitrogens with one attached hydrogen (secondary N) is 1. The number of nitrogens with zero attached hydrogens (tertiary/aromatic N) is 2. The highest BCUT2D eigenvalue weighted by Crippen LogP contribution is 2.50. The van der Waals surface area contributed by atoms with Gasteiger partial charge in [-0.1, -0.05) is 0 Å². The van der Waals surface area contributed by atoms with Gasteiger partial charge in [0.05, 0.1) is 6.61 Å². The number of piperidine rings is 2. The molecule has 0 bridgehead atoms. The zero-order valence-corrected chi connectivity index (χ0v) is 15.8. The third-order valence-corrected chi connectivity index (χ3v) is 7.39. The van der Waals surface area contributed by atoms with Crippen LogP contribution in [-0.2, 0) is 4.74 Å². The number of hydrogen-bond donors (Lipinski definition) is 1. The molecular weight excluding hydrogens is 314 g/mol. The summed E-state index contributed by atoms with van der Waals surface area (Å²) < 4.78 is 5.17. The lowest BCUT2D eigenvalue weighted by atomic mass is 9.64. The lowest BCUT2D eigenvalue weighted by Gasteiger charge is -2.52. The van der Waals surface area contributed by atoms with Crippen LogP contribution < -0.4 is 5.32 Å². The summed E-state index contributed by atoms with van der Waals surface area (Å²) in [7, 11) is 0. The molecule has 4 aliphatic rings. The summed E-state index contributed by atoms with van der Waals surface area (Å²) in [6.45, 7) is 9.25. The largest absolute Gasteiger partial charge is 0.450 e. The van der Waals surface area contributed by atoms with E-state index in [1.165, 1.54) is 71.1 Å². The fourth-order valence-electron chi connectivity index (χ4n) is 5.87. The van der Waals surface area contributed by atoms with Gasteiger partial charge in [0.25, 0.3) is 0 Å². The van der Waals surface area contributed by atoms with Gasteiger partial charge in [-0.15, -0.1) is 0 Å². The molecule has 0 radical (unpaired) electrons. The Morgan fingerprint density at radius 2 is 1.96 bits per heavy atom. The van der Waals surface area contributed by atoms with Gasteiger partial charge in [-0.25, -0.2) is 4.79 Å². The van der Waals surface area contributed by atoms with Crippen molar-refractivity contribution in [3.05, 3.63) is 0 Å². The summed E-state index contributed by atoms with van der Waals surface area (Å²) >= 11 is 0. The second-order valence-corrected chi connectivity index (χ2v) is 8.91. The first-order valence-corrected chi connectivity index (χ1v) is 10.6. The minimum Gasteiger partial charge on any atom is -0.450 e. The Morgan fingerprint density at radius 3 is 2.64 bits per heavy atom. The fraction of sp³-hybridized carbons (Fsp3) is 0.950. The van der Waals surface area contributed by atoms with Gasteiger partial charge in [0.1, 0.15) is 0 Å². The molecule has 4 rings (SSSR count). The van der Waals surface area contributed by atoms with Gasteiger partial charge in [0.2, 0.25) is 0 Å². The average Bonchev–Trinajstić information content (AvgIpc) is 3.08. The lowest BCUT2D eigenvalue weighted by molar-refractivity contribution is -0.0149. The van der Waals surface area contributed by atoms with Crippen LogP contribution in [0.15, 0.2) is 0 Å². The molecule has 1 amide bonds. The minimum absolute atomic E-state index is 0.107. The summed E-state index contributed by atoms with van der Waals surface area (Å²) in [4.78, 5) is 16.6. The van der Waals surface area contributed by atoms with Gasteiger partial charge in [-0.05, 0) is 95.3 Å². The van der Waals surface area contributed by atoms with Crippen LogP contribution in [0.25, 0.3) is 0 Å². The standard InChI is InChI=1S/C20H35N3O2/c1-2-25-19(24)23-11-7-20(15-23)12-18(13-20)22-9-5-16(6-10-22)17-4-3-8-21-14-17/h16-18,21H,2-15H2,1H3. The van der Waals surface area contributed by atoms with Crippen molar-refractivity contribution in [1.82, 2.24) is 15.1 Å². The van der Waals surface area contributed by atoms with Crippen LogP contribution in [0.5, 0.6) is 0 Å². The molecule has 1 spiro atoms. The average molecular weight is 350 g/mol. The molecule has 4 fully saturated rings. The number of carbonyl (C=O) groups excluding carboxylic acids is 1. The van der Waals surface area contributed by atoms with E-state index in [9.17, 15) is 4.79 Å². The predicted octanol–water partition coefficient (Wildman–Crippen LogP) is 2.71. The number of rotatable bonds is 3. The van der Waals surface area contributed by atoms with E-state index in [2.05, 4.69) is 10.2 Å². The van der Waals surface area contributed by atoms with Crippen molar-refractivity contribution in [3.8, 4) is 0 Å². The second-order valence-electron chi connectivity index (χ2n) is 8.91. The molecule has 1 N–H and O–H groups in total. The summed E-state index contributed by atoms with van der Waals surface area (Å²) in [5.74, 6) is 1.88. The molecule has 3 saturated heterocycles. The molecule has 1 saturated carbocycles. The van der Waals surface area contributed by atoms with E-state index in [1.54, 1.807) is 0 Å². The molecule has 1 atom stereocenters. The maximum atomic E-state index is 11.9. The number of amides is 1. The lowest BCUT2D eigenvalue weighted by Crippen LogP contribution is -2.54. The van der Waals surface area contributed by atoms with Gasteiger partial charge in [-0.3, -0.25) is 0 Å². The normalized spacial score (nSPS) is 37.2. The first-order chi connectivity index (χ1) is 12.2. The maximum absolute atomic E-state index is 11.9. The zero-order valence-electron chi connectivity index (χ0n) is 15.8. The Morgan fingerprint density at radius 1 is 1.16 bits per heavy atom. The van der Waals surface area contributed by atoms with Crippen molar-refractivity contribution in [1.29, 1.82) is 0 Å². The molecule has 0 aromatic heterocycles. The van der Waals surface area contributed by atoms with Gasteiger partial charge in [0.15, 0.2) is 0 Å². The van der Waals surface area contributed by atoms with Crippen LogP contribution in [0.1, 0.15) is 51.9 Å². The quantitative estimate of drug-likeness (QED) is 0.851. The third-order valence-electron chi connectivity index (χ3n) is 7.39. The van der Waals surface area contributed by atoms with E-state index in [0.29, 0.717) is 12.0 Å². The van der Waals surface area contributed by atoms with E-state index >= 15 is 0 Å². The van der Waals surface area contributed by atoms with E-state index in [1.807, 2.05) is 11.8 Å². The van der Waals surface area contributed by atoms with Gasteiger partial charge in [0, 0.05) is 19.1 Å². The molecular formula is C20H35N3O2. The third kappa shape index (κ3) is 3.68. The van der Waals surface area contributed by atoms with E-state index < -0.39 is 0 Å². The van der Waals surface area contributed by atoms with Gasteiger partial charge < -0.3 is 19.9 Å². The molecule has 1 aliphatic carbocycles. The van der Waals surface area contributed by atoms with Crippen LogP contribution in [0.3, 0.4) is 0 Å². The zero-order chi connectivity index (χ0) is 17.3. The number of carbonyl (C=O) groups is 1. The molecule has 25 heavy (non-hydrogen) atoms. The first-order valence-electron chi connectivity index (χ1n) is 10.6. The van der Waals surface area contributed by atoms with E-state index in [0.717, 1.165) is 31.0 Å². The summed E-state index contributed by atoms with van der Waals surface area (Å²) in [5.41, 5.74) is 0.404. The number of likely N-dealkylation sites (tertiary alicyclic amines) is 2. The first kappa shape index (κ1) is 17.6. The molecule has 1 unspecified atom stereocenters. The Bertz CT molecular complexity index is 464. The van der Waals surface area contributed by atoms with Gasteiger partial charge in [-0.2, -0.15) is 0 Å². The Balaban J connectivity index is 1.21. The second kappa shape index (κ2) is 7.43. The fourth-order valence-corrected chi connectivity index (χ4v) is 5.87. The smallest absolute Gasteiger partial charge is 0.409 e. The topological polar surface area (TPSA) is 44.8 Å². The highest BCUT2D eigenvalue weighted by Gasteiger charge is 2.51. The molecule has 5 heteroatoms. The van der Waals surface area contributed by atoms with Crippen LogP contribution >= 0.6 is 0 Å². The maximum Gasteiger partial charge on any atom is 0.409 e. The molecule has 3 aliphatic heterocycles. The summed E-state index contributed by atoms with van der Waals surface area (Å²) in [5, 5.41) is 3.59. The van der Waals surface area contributed by atoms with Gasteiger partial charge >= 0.3 is 6.09 Å². The van der Waals surface area contributed by atoms with Crippen molar-refractivity contribution in [2.24, 2.45) is 17.3 Å². The van der Waals surface area contributed by atoms with E-state index in [4.69, 9.17) is 4.74 Å². The molecule has 5 nitrogen and oxygen atoms in total. The van der Waals surface area contributed by atoms with Crippen molar-refractivity contribution in [2.45, 2.75) is 57.9 Å².